The molecule has 4 rings (SSSR count). The average molecular weight is 387 g/mol. The normalized spacial score (nSPS) is 19.6. The first-order valence-electron chi connectivity index (χ1n) is 8.88. The van der Waals surface area contributed by atoms with Gasteiger partial charge in [-0.3, -0.25) is 4.90 Å². The Balaban J connectivity index is 1.65. The van der Waals surface area contributed by atoms with E-state index in [-0.39, 0.29) is 6.10 Å². The number of pyridine rings is 1. The number of ether oxygens (including phenoxy) is 2. The van der Waals surface area contributed by atoms with Crippen molar-refractivity contribution in [3.8, 4) is 5.88 Å². The number of anilines is 1. The molecule has 0 spiro atoms. The first-order valence-corrected chi connectivity index (χ1v) is 9.76. The van der Waals surface area contributed by atoms with Crippen LogP contribution >= 0.6 is 11.3 Å². The first-order chi connectivity index (χ1) is 13.1. The fourth-order valence-electron chi connectivity index (χ4n) is 3.32. The van der Waals surface area contributed by atoms with E-state index < -0.39 is 6.09 Å². The third kappa shape index (κ3) is 3.63. The number of nitrogens with zero attached hydrogens (tertiary/aromatic N) is 2. The molecule has 142 valence electrons. The van der Waals surface area contributed by atoms with Crippen molar-refractivity contribution in [2.45, 2.75) is 32.4 Å². The third-order valence-electron chi connectivity index (χ3n) is 4.74. The molecule has 0 aromatic carbocycles. The van der Waals surface area contributed by atoms with Crippen LogP contribution in [0.1, 0.15) is 30.2 Å². The number of rotatable bonds is 4. The average Bonchev–Trinajstić information content (AvgIpc) is 3.14. The van der Waals surface area contributed by atoms with E-state index in [0.29, 0.717) is 30.4 Å². The minimum atomic E-state index is -0.965. The van der Waals surface area contributed by atoms with Crippen LogP contribution in [-0.2, 0) is 11.3 Å². The number of carbonyl (C=O) groups is 1. The minimum absolute atomic E-state index is 0.0251. The molecule has 0 unspecified atom stereocenters. The summed E-state index contributed by atoms with van der Waals surface area (Å²) in [6.07, 6.45) is 2.59. The van der Waals surface area contributed by atoms with Crippen LogP contribution in [0.25, 0.3) is 5.70 Å². The Hall–Kier alpha value is -2.58. The molecule has 0 bridgehead atoms. The molecule has 2 aliphatic rings. The van der Waals surface area contributed by atoms with Crippen molar-refractivity contribution < 1.29 is 19.4 Å². The monoisotopic (exact) mass is 387 g/mol. The molecule has 0 radical (unpaired) electrons. The van der Waals surface area contributed by atoms with E-state index in [2.05, 4.69) is 10.3 Å². The molecule has 2 aromatic rings. The molecule has 7 nitrogen and oxygen atoms in total. The highest BCUT2D eigenvalue weighted by molar-refractivity contribution is 7.10. The molecule has 2 aromatic heterocycles. The summed E-state index contributed by atoms with van der Waals surface area (Å²) in [4.78, 5) is 18.4. The van der Waals surface area contributed by atoms with Crippen LogP contribution in [0.2, 0.25) is 0 Å². The second kappa shape index (κ2) is 7.58. The van der Waals surface area contributed by atoms with Gasteiger partial charge in [-0.15, -0.1) is 11.3 Å². The van der Waals surface area contributed by atoms with Gasteiger partial charge < -0.3 is 19.9 Å². The number of aromatic nitrogens is 1. The summed E-state index contributed by atoms with van der Waals surface area (Å²) < 4.78 is 11.5. The topological polar surface area (TPSA) is 83.9 Å². The summed E-state index contributed by atoms with van der Waals surface area (Å²) in [6.45, 7) is 3.50. The Labute approximate surface area is 161 Å². The SMILES string of the molecule is CC1=C(Nc2cccnc2O[C@@H]2CCCOC2)c2ccsc2CN1C(=O)O. The van der Waals surface area contributed by atoms with E-state index in [0.717, 1.165) is 35.6 Å². The molecule has 8 heteroatoms. The number of allylic oxidation sites excluding steroid dienone is 1. The number of hydrogen-bond acceptors (Lipinski definition) is 6. The largest absolute Gasteiger partial charge is 0.470 e. The van der Waals surface area contributed by atoms with Crippen molar-refractivity contribution in [3.05, 3.63) is 45.9 Å². The number of fused-ring (bicyclic) bond motifs is 1. The molecule has 0 aliphatic carbocycles. The summed E-state index contributed by atoms with van der Waals surface area (Å²) in [5.41, 5.74) is 3.15. The zero-order chi connectivity index (χ0) is 18.8. The predicted octanol–water partition coefficient (Wildman–Crippen LogP) is 4.00. The maximum atomic E-state index is 11.6. The quantitative estimate of drug-likeness (QED) is 0.825. The lowest BCUT2D eigenvalue weighted by atomic mass is 10.1. The van der Waals surface area contributed by atoms with Gasteiger partial charge >= 0.3 is 6.09 Å². The molecular weight excluding hydrogens is 366 g/mol. The Morgan fingerprint density at radius 3 is 3.15 bits per heavy atom. The van der Waals surface area contributed by atoms with Gasteiger partial charge in [-0.05, 0) is 43.3 Å². The highest BCUT2D eigenvalue weighted by Crippen LogP contribution is 2.37. The standard InChI is InChI=1S/C19H21N3O4S/c1-12-17(14-6-9-27-16(14)10-22(12)19(23)24)21-15-5-2-7-20-18(15)26-13-4-3-8-25-11-13/h2,5-7,9,13,21H,3-4,8,10-11H2,1H3,(H,23,24)/t13-/m1/s1. The van der Waals surface area contributed by atoms with Crippen LogP contribution in [0, 0.1) is 0 Å². The summed E-state index contributed by atoms with van der Waals surface area (Å²) >= 11 is 1.55. The lowest BCUT2D eigenvalue weighted by Gasteiger charge is -2.29. The van der Waals surface area contributed by atoms with Gasteiger partial charge in [0.15, 0.2) is 0 Å². The predicted molar refractivity (Wildman–Crippen MR) is 103 cm³/mol. The van der Waals surface area contributed by atoms with E-state index >= 15 is 0 Å². The van der Waals surface area contributed by atoms with Crippen LogP contribution in [0.4, 0.5) is 10.5 Å². The number of thiophene rings is 1. The van der Waals surface area contributed by atoms with Crippen LogP contribution in [-0.4, -0.2) is 40.4 Å². The Morgan fingerprint density at radius 1 is 1.48 bits per heavy atom. The molecule has 1 fully saturated rings. The number of hydrogen-bond donors (Lipinski definition) is 2. The van der Waals surface area contributed by atoms with Gasteiger partial charge in [0.05, 0.1) is 18.8 Å². The van der Waals surface area contributed by atoms with Crippen LogP contribution < -0.4 is 10.1 Å². The zero-order valence-corrected chi connectivity index (χ0v) is 15.8. The van der Waals surface area contributed by atoms with Gasteiger partial charge in [0.2, 0.25) is 5.88 Å². The van der Waals surface area contributed by atoms with Crippen molar-refractivity contribution >= 4 is 28.8 Å². The Kier molecular flexibility index (Phi) is 5.00. The molecule has 0 saturated carbocycles. The summed E-state index contributed by atoms with van der Waals surface area (Å²) in [5, 5.41) is 14.9. The van der Waals surface area contributed by atoms with Gasteiger partial charge in [-0.2, -0.15) is 0 Å². The van der Waals surface area contributed by atoms with Crippen molar-refractivity contribution in [1.82, 2.24) is 9.88 Å². The van der Waals surface area contributed by atoms with Gasteiger partial charge in [-0.1, -0.05) is 0 Å². The second-order valence-corrected chi connectivity index (χ2v) is 7.53. The summed E-state index contributed by atoms with van der Waals surface area (Å²) in [6, 6.07) is 5.73. The van der Waals surface area contributed by atoms with Crippen LogP contribution in [0.5, 0.6) is 5.88 Å². The van der Waals surface area contributed by atoms with E-state index in [1.54, 1.807) is 17.5 Å². The molecule has 1 amide bonds. The molecule has 4 heterocycles. The third-order valence-corrected chi connectivity index (χ3v) is 5.65. The molecule has 27 heavy (non-hydrogen) atoms. The Morgan fingerprint density at radius 2 is 2.37 bits per heavy atom. The molecule has 2 N–H and O–H groups in total. The molecule has 1 saturated heterocycles. The van der Waals surface area contributed by atoms with Gasteiger partial charge in [-0.25, -0.2) is 9.78 Å². The van der Waals surface area contributed by atoms with E-state index in [4.69, 9.17) is 9.47 Å². The second-order valence-electron chi connectivity index (χ2n) is 6.52. The number of carboxylic acid groups (broad SMARTS) is 1. The van der Waals surface area contributed by atoms with E-state index in [1.165, 1.54) is 4.90 Å². The smallest absolute Gasteiger partial charge is 0.411 e. The van der Waals surface area contributed by atoms with Crippen LogP contribution in [0.15, 0.2) is 35.5 Å². The fraction of sp³-hybridized carbons (Fsp3) is 0.368. The van der Waals surface area contributed by atoms with E-state index in [9.17, 15) is 9.90 Å². The zero-order valence-electron chi connectivity index (χ0n) is 15.0. The summed E-state index contributed by atoms with van der Waals surface area (Å²) in [5.74, 6) is 0.498. The van der Waals surface area contributed by atoms with Gasteiger partial charge in [0.1, 0.15) is 11.8 Å². The molecular formula is C19H21N3O4S. The highest BCUT2D eigenvalue weighted by atomic mass is 32.1. The fourth-order valence-corrected chi connectivity index (χ4v) is 4.19. The van der Waals surface area contributed by atoms with Crippen molar-refractivity contribution in [2.75, 3.05) is 18.5 Å². The van der Waals surface area contributed by atoms with Gasteiger partial charge in [0.25, 0.3) is 0 Å². The first kappa shape index (κ1) is 17.8. The molecule has 1 atom stereocenters. The maximum Gasteiger partial charge on any atom is 0.411 e. The van der Waals surface area contributed by atoms with E-state index in [1.807, 2.05) is 30.5 Å². The lowest BCUT2D eigenvalue weighted by Crippen LogP contribution is -2.32. The number of nitrogens with one attached hydrogen (secondary N) is 1. The molecule has 2 aliphatic heterocycles. The van der Waals surface area contributed by atoms with Crippen molar-refractivity contribution in [1.29, 1.82) is 0 Å². The summed E-state index contributed by atoms with van der Waals surface area (Å²) in [7, 11) is 0. The number of amides is 1. The van der Waals surface area contributed by atoms with Gasteiger partial charge in [0, 0.05) is 28.9 Å². The Bertz CT molecular complexity index is 873. The minimum Gasteiger partial charge on any atom is -0.470 e. The van der Waals surface area contributed by atoms with Crippen molar-refractivity contribution in [2.24, 2.45) is 0 Å². The van der Waals surface area contributed by atoms with Crippen LogP contribution in [0.3, 0.4) is 0 Å². The maximum absolute atomic E-state index is 11.6. The lowest BCUT2D eigenvalue weighted by molar-refractivity contribution is 0.00585. The highest BCUT2D eigenvalue weighted by Gasteiger charge is 2.28. The van der Waals surface area contributed by atoms with Crippen molar-refractivity contribution in [3.63, 3.8) is 0 Å².